The minimum Gasteiger partial charge on any atom is -0.308 e. The van der Waals surface area contributed by atoms with Gasteiger partial charge in [-0.05, 0) is 52.0 Å². The molecule has 0 amide bonds. The molecule has 17 heavy (non-hydrogen) atoms. The predicted molar refractivity (Wildman–Crippen MR) is 76.5 cm³/mol. The molecule has 0 aliphatic heterocycles. The first-order valence-corrected chi connectivity index (χ1v) is 7.46. The lowest BCUT2D eigenvalue weighted by molar-refractivity contribution is 0.536. The summed E-state index contributed by atoms with van der Waals surface area (Å²) in [6.07, 6.45) is 2.34. The summed E-state index contributed by atoms with van der Waals surface area (Å²) >= 11 is 5.31. The van der Waals surface area contributed by atoms with E-state index in [2.05, 4.69) is 57.6 Å². The molecular formula is C14H14BrNS. The molecule has 88 valence electrons. The van der Waals surface area contributed by atoms with Gasteiger partial charge in [0.15, 0.2) is 0 Å². The van der Waals surface area contributed by atoms with Crippen LogP contribution in [0.15, 0.2) is 40.2 Å². The summed E-state index contributed by atoms with van der Waals surface area (Å²) < 4.78 is 1.21. The Labute approximate surface area is 114 Å². The Morgan fingerprint density at radius 1 is 1.12 bits per heavy atom. The molecule has 0 spiro atoms. The highest BCUT2D eigenvalue weighted by molar-refractivity contribution is 9.11. The number of rotatable bonds is 3. The molecule has 0 saturated heterocycles. The van der Waals surface area contributed by atoms with Crippen LogP contribution in [0.25, 0.3) is 0 Å². The van der Waals surface area contributed by atoms with Gasteiger partial charge in [0, 0.05) is 17.5 Å². The van der Waals surface area contributed by atoms with Gasteiger partial charge in [-0.3, -0.25) is 0 Å². The fraction of sp³-hybridized carbons (Fsp3) is 0.286. The Bertz CT molecular complexity index is 495. The second kappa shape index (κ2) is 4.92. The third-order valence-electron chi connectivity index (χ3n) is 3.24. The van der Waals surface area contributed by atoms with E-state index in [4.69, 9.17) is 0 Å². The standard InChI is InChI=1S/C14H14BrNS/c15-14-6-5-13(17-14)9-16-12-7-10-3-1-2-4-11(10)8-12/h1-6,12,16H,7-9H2. The lowest BCUT2D eigenvalue weighted by Crippen LogP contribution is -2.28. The number of hydrogen-bond donors (Lipinski definition) is 1. The Kier molecular flexibility index (Phi) is 3.32. The van der Waals surface area contributed by atoms with Crippen molar-refractivity contribution in [1.29, 1.82) is 0 Å². The van der Waals surface area contributed by atoms with Gasteiger partial charge in [0.25, 0.3) is 0 Å². The van der Waals surface area contributed by atoms with E-state index in [1.54, 1.807) is 0 Å². The highest BCUT2D eigenvalue weighted by Crippen LogP contribution is 2.24. The van der Waals surface area contributed by atoms with Gasteiger partial charge in [-0.25, -0.2) is 0 Å². The maximum atomic E-state index is 3.65. The number of thiophene rings is 1. The molecule has 0 unspecified atom stereocenters. The lowest BCUT2D eigenvalue weighted by Gasteiger charge is -2.10. The van der Waals surface area contributed by atoms with Gasteiger partial charge in [-0.1, -0.05) is 24.3 Å². The van der Waals surface area contributed by atoms with Crippen molar-refractivity contribution in [3.05, 3.63) is 56.2 Å². The van der Waals surface area contributed by atoms with Crippen molar-refractivity contribution in [2.45, 2.75) is 25.4 Å². The van der Waals surface area contributed by atoms with Crippen molar-refractivity contribution in [1.82, 2.24) is 5.32 Å². The number of hydrogen-bond acceptors (Lipinski definition) is 2. The summed E-state index contributed by atoms with van der Waals surface area (Å²) in [6, 6.07) is 13.7. The summed E-state index contributed by atoms with van der Waals surface area (Å²) in [6.45, 7) is 0.981. The molecule has 0 fully saturated rings. The number of benzene rings is 1. The predicted octanol–water partition coefficient (Wildman–Crippen LogP) is 3.77. The largest absolute Gasteiger partial charge is 0.308 e. The molecule has 1 aromatic carbocycles. The summed E-state index contributed by atoms with van der Waals surface area (Å²) in [5.74, 6) is 0. The maximum Gasteiger partial charge on any atom is 0.0701 e. The second-order valence-corrected chi connectivity index (χ2v) is 7.01. The quantitative estimate of drug-likeness (QED) is 0.910. The van der Waals surface area contributed by atoms with Crippen molar-refractivity contribution in [3.8, 4) is 0 Å². The van der Waals surface area contributed by atoms with Crippen molar-refractivity contribution in [3.63, 3.8) is 0 Å². The highest BCUT2D eigenvalue weighted by atomic mass is 79.9. The van der Waals surface area contributed by atoms with Crippen LogP contribution in [0.4, 0.5) is 0 Å². The van der Waals surface area contributed by atoms with Crippen LogP contribution in [0.1, 0.15) is 16.0 Å². The average Bonchev–Trinajstić information content (AvgIpc) is 2.91. The van der Waals surface area contributed by atoms with E-state index in [0.29, 0.717) is 6.04 Å². The van der Waals surface area contributed by atoms with Crippen LogP contribution in [0.3, 0.4) is 0 Å². The van der Waals surface area contributed by atoms with E-state index in [1.165, 1.54) is 32.6 Å². The summed E-state index contributed by atoms with van der Waals surface area (Å²) in [7, 11) is 0. The van der Waals surface area contributed by atoms with E-state index in [1.807, 2.05) is 11.3 Å². The molecule has 1 nitrogen and oxygen atoms in total. The summed E-state index contributed by atoms with van der Waals surface area (Å²) in [4.78, 5) is 1.40. The lowest BCUT2D eigenvalue weighted by atomic mass is 10.1. The first kappa shape index (κ1) is 11.5. The summed E-state index contributed by atoms with van der Waals surface area (Å²) in [5.41, 5.74) is 3.02. The van der Waals surface area contributed by atoms with E-state index in [9.17, 15) is 0 Å². The molecule has 0 radical (unpaired) electrons. The molecule has 3 rings (SSSR count). The van der Waals surface area contributed by atoms with Gasteiger partial charge in [-0.15, -0.1) is 11.3 Å². The van der Waals surface area contributed by atoms with Gasteiger partial charge in [0.2, 0.25) is 0 Å². The zero-order valence-electron chi connectivity index (χ0n) is 9.45. The van der Waals surface area contributed by atoms with E-state index in [0.717, 1.165) is 6.54 Å². The fourth-order valence-corrected chi connectivity index (χ4v) is 3.83. The molecule has 1 aromatic heterocycles. The van der Waals surface area contributed by atoms with Crippen molar-refractivity contribution >= 4 is 27.3 Å². The smallest absolute Gasteiger partial charge is 0.0701 e. The molecule has 0 saturated carbocycles. The Morgan fingerprint density at radius 2 is 1.82 bits per heavy atom. The monoisotopic (exact) mass is 307 g/mol. The SMILES string of the molecule is Brc1ccc(CNC2Cc3ccccc3C2)s1. The molecule has 1 aliphatic rings. The van der Waals surface area contributed by atoms with E-state index >= 15 is 0 Å². The van der Waals surface area contributed by atoms with Crippen LogP contribution < -0.4 is 5.32 Å². The molecule has 1 heterocycles. The van der Waals surface area contributed by atoms with Crippen molar-refractivity contribution in [2.75, 3.05) is 0 Å². The van der Waals surface area contributed by atoms with Gasteiger partial charge in [0.05, 0.1) is 3.79 Å². The highest BCUT2D eigenvalue weighted by Gasteiger charge is 2.20. The van der Waals surface area contributed by atoms with Crippen LogP contribution >= 0.6 is 27.3 Å². The minimum absolute atomic E-state index is 0.605. The Hall–Kier alpha value is -0.640. The molecule has 0 atom stereocenters. The number of nitrogens with one attached hydrogen (secondary N) is 1. The zero-order chi connectivity index (χ0) is 11.7. The average molecular weight is 308 g/mol. The minimum atomic E-state index is 0.605. The Balaban J connectivity index is 1.59. The molecule has 2 aromatic rings. The third kappa shape index (κ3) is 2.62. The van der Waals surface area contributed by atoms with Gasteiger partial charge >= 0.3 is 0 Å². The molecule has 1 aliphatic carbocycles. The summed E-state index contributed by atoms with van der Waals surface area (Å²) in [5, 5.41) is 3.65. The molecule has 3 heteroatoms. The third-order valence-corrected chi connectivity index (χ3v) is 4.87. The molecule has 1 N–H and O–H groups in total. The molecule has 0 bridgehead atoms. The van der Waals surface area contributed by atoms with Crippen molar-refractivity contribution < 1.29 is 0 Å². The first-order chi connectivity index (χ1) is 8.31. The normalized spacial score (nSPS) is 15.1. The van der Waals surface area contributed by atoms with E-state index < -0.39 is 0 Å². The van der Waals surface area contributed by atoms with Crippen LogP contribution in [0.5, 0.6) is 0 Å². The van der Waals surface area contributed by atoms with E-state index in [-0.39, 0.29) is 0 Å². The van der Waals surface area contributed by atoms with Crippen LogP contribution in [0.2, 0.25) is 0 Å². The van der Waals surface area contributed by atoms with Crippen LogP contribution in [-0.2, 0) is 19.4 Å². The van der Waals surface area contributed by atoms with Gasteiger partial charge in [-0.2, -0.15) is 0 Å². The van der Waals surface area contributed by atoms with Gasteiger partial charge < -0.3 is 5.32 Å². The maximum absolute atomic E-state index is 3.65. The fourth-order valence-electron chi connectivity index (χ4n) is 2.39. The number of fused-ring (bicyclic) bond motifs is 1. The van der Waals surface area contributed by atoms with Gasteiger partial charge in [0.1, 0.15) is 0 Å². The van der Waals surface area contributed by atoms with Crippen molar-refractivity contribution in [2.24, 2.45) is 0 Å². The molecular weight excluding hydrogens is 294 g/mol. The van der Waals surface area contributed by atoms with Crippen LogP contribution in [-0.4, -0.2) is 6.04 Å². The second-order valence-electron chi connectivity index (χ2n) is 4.46. The first-order valence-electron chi connectivity index (χ1n) is 5.85. The zero-order valence-corrected chi connectivity index (χ0v) is 11.9. The Morgan fingerprint density at radius 3 is 2.41 bits per heavy atom. The number of halogens is 1. The van der Waals surface area contributed by atoms with Crippen LogP contribution in [0, 0.1) is 0 Å². The topological polar surface area (TPSA) is 12.0 Å².